The molecule has 0 aliphatic carbocycles. The highest BCUT2D eigenvalue weighted by Gasteiger charge is 2.40. The molecule has 0 aromatic heterocycles. The molecule has 0 aliphatic rings. The monoisotopic (exact) mass is 362 g/mol. The number of methoxy groups -OCH3 is 1. The number of Topliss-reactive ketones (excluding diaryl/α,β-unsaturated/α-hetero) is 1. The summed E-state index contributed by atoms with van der Waals surface area (Å²) in [5.41, 5.74) is 0. The summed E-state index contributed by atoms with van der Waals surface area (Å²) in [6, 6.07) is 0. The number of carbonyl (C=O) groups is 2. The Balaban J connectivity index is 5.30. The number of carboxylic acid groups (broad SMARTS) is 1. The first-order chi connectivity index (χ1) is 10.4. The predicted molar refractivity (Wildman–Crippen MR) is 70.1 cm³/mol. The summed E-state index contributed by atoms with van der Waals surface area (Å²) in [7, 11) is -4.24. The minimum atomic E-state index is -5.24. The molecule has 0 rings (SSSR count). The first-order valence-corrected chi connectivity index (χ1v) is 7.65. The molecule has 12 nitrogen and oxygen atoms in total. The molecule has 0 fully saturated rings. The van der Waals surface area contributed by atoms with Crippen molar-refractivity contribution in [3.8, 4) is 0 Å². The molecular formula is C10H19O12P. The lowest BCUT2D eigenvalue weighted by Crippen LogP contribution is -2.51. The van der Waals surface area contributed by atoms with Gasteiger partial charge >= 0.3 is 13.8 Å². The summed E-state index contributed by atoms with van der Waals surface area (Å²) in [6.45, 7) is -0.875. The molecular weight excluding hydrogens is 343 g/mol. The number of ketones is 1. The number of aliphatic hydroxyl groups excluding tert-OH is 4. The zero-order valence-electron chi connectivity index (χ0n) is 11.9. The Labute approximate surface area is 130 Å². The number of carbonyl (C=O) groups excluding carboxylic acids is 1. The van der Waals surface area contributed by atoms with E-state index in [2.05, 4.69) is 9.26 Å². The van der Waals surface area contributed by atoms with Gasteiger partial charge in [0.25, 0.3) is 0 Å². The molecule has 0 aliphatic heterocycles. The lowest BCUT2D eigenvalue weighted by atomic mass is 9.96. The van der Waals surface area contributed by atoms with Crippen molar-refractivity contribution in [3.63, 3.8) is 0 Å². The summed E-state index contributed by atoms with van der Waals surface area (Å²) < 4.78 is 19.6. The number of hydrogen-bond acceptors (Lipinski definition) is 9. The van der Waals surface area contributed by atoms with Crippen LogP contribution in [0.3, 0.4) is 0 Å². The second-order valence-corrected chi connectivity index (χ2v) is 5.69. The first kappa shape index (κ1) is 22.1. The molecule has 0 spiro atoms. The number of phosphoric acid groups is 1. The fourth-order valence-electron chi connectivity index (χ4n) is 1.71. The van der Waals surface area contributed by atoms with Gasteiger partial charge in [-0.1, -0.05) is 0 Å². The molecule has 0 heterocycles. The lowest BCUT2D eigenvalue weighted by Gasteiger charge is -2.32. The van der Waals surface area contributed by atoms with Gasteiger partial charge in [0.05, 0.1) is 6.61 Å². The van der Waals surface area contributed by atoms with Gasteiger partial charge in [-0.05, 0) is 0 Å². The number of rotatable bonds is 11. The zero-order valence-corrected chi connectivity index (χ0v) is 12.8. The van der Waals surface area contributed by atoms with Gasteiger partial charge in [-0.25, -0.2) is 9.36 Å². The van der Waals surface area contributed by atoms with Crippen molar-refractivity contribution in [3.05, 3.63) is 0 Å². The Morgan fingerprint density at radius 2 is 1.65 bits per heavy atom. The van der Waals surface area contributed by atoms with Crippen LogP contribution < -0.4 is 0 Å². The third kappa shape index (κ3) is 7.44. The first-order valence-electron chi connectivity index (χ1n) is 6.12. The van der Waals surface area contributed by atoms with E-state index in [1.54, 1.807) is 0 Å². The van der Waals surface area contributed by atoms with Crippen molar-refractivity contribution in [1.82, 2.24) is 0 Å². The maximum atomic E-state index is 11.1. The zero-order chi connectivity index (χ0) is 18.4. The second kappa shape index (κ2) is 9.37. The van der Waals surface area contributed by atoms with Crippen molar-refractivity contribution >= 4 is 19.6 Å². The van der Waals surface area contributed by atoms with Crippen LogP contribution in [0.25, 0.3) is 0 Å². The van der Waals surface area contributed by atoms with Gasteiger partial charge in [-0.3, -0.25) is 9.32 Å². The van der Waals surface area contributed by atoms with Crippen LogP contribution >= 0.6 is 7.82 Å². The number of ether oxygens (including phenoxy) is 1. The van der Waals surface area contributed by atoms with E-state index in [1.807, 2.05) is 0 Å². The molecule has 5 atom stereocenters. The Bertz CT molecular complexity index is 447. The van der Waals surface area contributed by atoms with E-state index in [1.165, 1.54) is 0 Å². The fraction of sp³-hybridized carbons (Fsp3) is 0.800. The molecule has 136 valence electrons. The summed E-state index contributed by atoms with van der Waals surface area (Å²) in [6.07, 6.45) is -10.8. The molecule has 0 aromatic rings. The topological polar surface area (TPSA) is 211 Å². The van der Waals surface area contributed by atoms with Crippen molar-refractivity contribution in [2.75, 3.05) is 13.7 Å². The summed E-state index contributed by atoms with van der Waals surface area (Å²) >= 11 is 0. The molecule has 0 bridgehead atoms. The smallest absolute Gasteiger partial charge is 0.469 e. The molecule has 0 amide bonds. The summed E-state index contributed by atoms with van der Waals surface area (Å²) in [5.74, 6) is -3.48. The number of aliphatic carboxylic acids is 1. The average Bonchev–Trinajstić information content (AvgIpc) is 2.44. The van der Waals surface area contributed by atoms with Gasteiger partial charge in [0.2, 0.25) is 5.78 Å². The lowest BCUT2D eigenvalue weighted by molar-refractivity contribution is -0.158. The van der Waals surface area contributed by atoms with E-state index in [4.69, 9.17) is 20.0 Å². The molecule has 0 saturated carbocycles. The third-order valence-electron chi connectivity index (χ3n) is 2.80. The van der Waals surface area contributed by atoms with E-state index in [0.29, 0.717) is 0 Å². The quantitative estimate of drug-likeness (QED) is 0.142. The van der Waals surface area contributed by atoms with Gasteiger partial charge in [-0.2, -0.15) is 0 Å². The predicted octanol–water partition coefficient (Wildman–Crippen LogP) is -3.40. The van der Waals surface area contributed by atoms with E-state index in [0.717, 1.165) is 7.11 Å². The molecule has 0 saturated heterocycles. The fourth-order valence-corrected chi connectivity index (χ4v) is 2.26. The number of phosphoric ester groups is 1. The minimum Gasteiger partial charge on any atom is -0.475 e. The SMILES string of the molecule is CO[C@@H]([C@H](O)[C@H](O)[C@H](CC(=O)C(=O)O)OP(=O)(O)O)[C@H](O)CO. The van der Waals surface area contributed by atoms with Crippen LogP contribution in [0.1, 0.15) is 6.42 Å². The van der Waals surface area contributed by atoms with Gasteiger partial charge in [0.1, 0.15) is 30.5 Å². The van der Waals surface area contributed by atoms with E-state index in [9.17, 15) is 29.5 Å². The summed E-state index contributed by atoms with van der Waals surface area (Å²) in [5, 5.41) is 46.5. The Morgan fingerprint density at radius 1 is 1.13 bits per heavy atom. The van der Waals surface area contributed by atoms with Crippen LogP contribution in [-0.4, -0.2) is 91.3 Å². The van der Waals surface area contributed by atoms with Gasteiger partial charge in [0, 0.05) is 13.5 Å². The van der Waals surface area contributed by atoms with Crippen LogP contribution in [0.4, 0.5) is 0 Å². The van der Waals surface area contributed by atoms with Crippen LogP contribution in [0.15, 0.2) is 0 Å². The molecule has 23 heavy (non-hydrogen) atoms. The van der Waals surface area contributed by atoms with E-state index in [-0.39, 0.29) is 0 Å². The molecule has 7 N–H and O–H groups in total. The Morgan fingerprint density at radius 3 is 2.00 bits per heavy atom. The van der Waals surface area contributed by atoms with Crippen LogP contribution in [0.2, 0.25) is 0 Å². The van der Waals surface area contributed by atoms with Gasteiger partial charge in [0.15, 0.2) is 0 Å². The molecule has 0 radical (unpaired) electrons. The maximum Gasteiger partial charge on any atom is 0.469 e. The summed E-state index contributed by atoms with van der Waals surface area (Å²) in [4.78, 5) is 39.1. The van der Waals surface area contributed by atoms with Gasteiger partial charge in [-0.15, -0.1) is 0 Å². The van der Waals surface area contributed by atoms with Crippen LogP contribution in [-0.2, 0) is 23.4 Å². The standard InChI is InChI=1S/C10H19O12P/c1-21-9(5(13)3-11)8(15)7(14)6(22-23(18,19)20)2-4(12)10(16)17/h5-9,11,13-15H,2-3H2,1H3,(H,16,17)(H2,18,19,20)/t5-,6+,7-,8-,9-/m1/s1. The van der Waals surface area contributed by atoms with Crippen molar-refractivity contribution in [2.45, 2.75) is 36.9 Å². The average molecular weight is 362 g/mol. The third-order valence-corrected chi connectivity index (χ3v) is 3.35. The van der Waals surface area contributed by atoms with Gasteiger partial charge < -0.3 is 40.1 Å². The Hall–Kier alpha value is -0.950. The van der Waals surface area contributed by atoms with Crippen molar-refractivity contribution in [1.29, 1.82) is 0 Å². The highest BCUT2D eigenvalue weighted by Crippen LogP contribution is 2.39. The van der Waals surface area contributed by atoms with Crippen LogP contribution in [0, 0.1) is 0 Å². The molecule has 0 aromatic carbocycles. The van der Waals surface area contributed by atoms with E-state index < -0.39 is 63.1 Å². The normalized spacial score (nSPS) is 18.7. The number of aliphatic hydroxyl groups is 4. The second-order valence-electron chi connectivity index (χ2n) is 4.50. The van der Waals surface area contributed by atoms with Crippen LogP contribution in [0.5, 0.6) is 0 Å². The van der Waals surface area contributed by atoms with E-state index >= 15 is 0 Å². The number of hydrogen-bond donors (Lipinski definition) is 7. The largest absolute Gasteiger partial charge is 0.475 e. The van der Waals surface area contributed by atoms with Crippen molar-refractivity contribution < 1.29 is 58.7 Å². The minimum absolute atomic E-state index is 0.875. The highest BCUT2D eigenvalue weighted by atomic mass is 31.2. The maximum absolute atomic E-state index is 11.1. The molecule has 13 heteroatoms. The number of carboxylic acids is 1. The highest BCUT2D eigenvalue weighted by molar-refractivity contribution is 7.46. The Kier molecular flexibility index (Phi) is 8.98. The van der Waals surface area contributed by atoms with Crippen molar-refractivity contribution in [2.24, 2.45) is 0 Å². The molecule has 0 unspecified atom stereocenters.